The van der Waals surface area contributed by atoms with Crippen molar-refractivity contribution in [2.45, 2.75) is 26.0 Å². The molecule has 2 unspecified atom stereocenters. The van der Waals surface area contributed by atoms with Crippen molar-refractivity contribution in [1.29, 1.82) is 5.26 Å². The first-order chi connectivity index (χ1) is 15.4. The van der Waals surface area contributed by atoms with E-state index in [0.717, 1.165) is 6.07 Å². The monoisotopic (exact) mass is 436 g/mol. The van der Waals surface area contributed by atoms with E-state index in [0.29, 0.717) is 11.4 Å². The summed E-state index contributed by atoms with van der Waals surface area (Å²) in [6.07, 6.45) is -1.27. The van der Waals surface area contributed by atoms with Crippen molar-refractivity contribution in [3.05, 3.63) is 90.0 Å². The number of rotatable bonds is 8. The molecule has 0 fully saturated rings. The minimum atomic E-state index is -1.27. The molecule has 0 heterocycles. The quantitative estimate of drug-likeness (QED) is 0.439. The number of anilines is 1. The van der Waals surface area contributed by atoms with Crippen molar-refractivity contribution >= 4 is 11.7 Å². The molecule has 5 nitrogen and oxygen atoms in total. The maximum Gasteiger partial charge on any atom is 0.330 e. The summed E-state index contributed by atoms with van der Waals surface area (Å²) in [4.78, 5) is 12.8. The van der Waals surface area contributed by atoms with Gasteiger partial charge in [0, 0.05) is 11.3 Å². The van der Waals surface area contributed by atoms with Crippen LogP contribution in [0.15, 0.2) is 72.8 Å². The molecular weight excluding hydrogens is 414 g/mol. The predicted octanol–water partition coefficient (Wildman–Crippen LogP) is 6.00. The van der Waals surface area contributed by atoms with Crippen LogP contribution in [-0.2, 0) is 9.53 Å². The molecule has 0 aromatic heterocycles. The third-order valence-electron chi connectivity index (χ3n) is 4.67. The van der Waals surface area contributed by atoms with Crippen LogP contribution in [0.5, 0.6) is 11.5 Å². The molecule has 0 amide bonds. The number of esters is 1. The fourth-order valence-electron chi connectivity index (χ4n) is 2.96. The summed E-state index contributed by atoms with van der Waals surface area (Å²) in [6.45, 7) is 3.63. The molecule has 7 heteroatoms. The summed E-state index contributed by atoms with van der Waals surface area (Å²) in [5.41, 5.74) is 0.813. The van der Waals surface area contributed by atoms with Crippen molar-refractivity contribution in [3.63, 3.8) is 0 Å². The number of nitriles is 1. The van der Waals surface area contributed by atoms with Crippen LogP contribution in [0.3, 0.4) is 0 Å². The van der Waals surface area contributed by atoms with Gasteiger partial charge in [0.15, 0.2) is 11.6 Å². The average Bonchev–Trinajstić information content (AvgIpc) is 2.79. The molecule has 3 rings (SSSR count). The molecule has 1 N–H and O–H groups in total. The molecule has 0 saturated heterocycles. The highest BCUT2D eigenvalue weighted by molar-refractivity contribution is 5.80. The van der Waals surface area contributed by atoms with Gasteiger partial charge in [0.2, 0.25) is 6.10 Å². The van der Waals surface area contributed by atoms with Crippen LogP contribution in [0.1, 0.15) is 25.5 Å². The molecule has 0 radical (unpaired) electrons. The Bertz CT molecular complexity index is 1100. The van der Waals surface area contributed by atoms with Crippen LogP contribution in [0.4, 0.5) is 14.5 Å². The summed E-state index contributed by atoms with van der Waals surface area (Å²) < 4.78 is 38.4. The summed E-state index contributed by atoms with van der Waals surface area (Å²) in [5, 5.41) is 12.6. The van der Waals surface area contributed by atoms with E-state index >= 15 is 0 Å². The van der Waals surface area contributed by atoms with Gasteiger partial charge in [-0.2, -0.15) is 5.26 Å². The van der Waals surface area contributed by atoms with Crippen molar-refractivity contribution in [2.75, 3.05) is 5.32 Å². The zero-order valence-corrected chi connectivity index (χ0v) is 17.6. The molecule has 0 aliphatic rings. The van der Waals surface area contributed by atoms with Gasteiger partial charge in [0.25, 0.3) is 0 Å². The van der Waals surface area contributed by atoms with Crippen LogP contribution in [-0.4, -0.2) is 12.0 Å². The zero-order valence-electron chi connectivity index (χ0n) is 17.6. The first-order valence-electron chi connectivity index (χ1n) is 10.0. The number of para-hydroxylation sites is 1. The summed E-state index contributed by atoms with van der Waals surface area (Å²) in [6, 6.07) is 19.2. The van der Waals surface area contributed by atoms with Gasteiger partial charge in [-0.15, -0.1) is 0 Å². The minimum Gasteiger partial charge on any atom is -0.454 e. The van der Waals surface area contributed by atoms with Crippen LogP contribution in [0, 0.1) is 28.9 Å². The fourth-order valence-corrected chi connectivity index (χ4v) is 2.96. The first-order valence-corrected chi connectivity index (χ1v) is 10.0. The number of carbonyl (C=O) groups is 1. The molecule has 0 bridgehead atoms. The Labute approximate surface area is 185 Å². The van der Waals surface area contributed by atoms with E-state index in [9.17, 15) is 18.8 Å². The van der Waals surface area contributed by atoms with E-state index in [-0.39, 0.29) is 17.2 Å². The lowest BCUT2D eigenvalue weighted by Gasteiger charge is -2.23. The van der Waals surface area contributed by atoms with Gasteiger partial charge in [0.05, 0.1) is 0 Å². The van der Waals surface area contributed by atoms with Gasteiger partial charge < -0.3 is 14.8 Å². The Balaban J connectivity index is 1.77. The smallest absolute Gasteiger partial charge is 0.330 e. The normalized spacial score (nSPS) is 12.5. The molecule has 0 saturated carbocycles. The topological polar surface area (TPSA) is 71.3 Å². The maximum absolute atomic E-state index is 14.2. The largest absolute Gasteiger partial charge is 0.454 e. The Morgan fingerprint density at radius 1 is 1.00 bits per heavy atom. The minimum absolute atomic E-state index is 0.0881. The highest BCUT2D eigenvalue weighted by atomic mass is 19.1. The van der Waals surface area contributed by atoms with Crippen LogP contribution in [0.25, 0.3) is 0 Å². The number of carbonyl (C=O) groups excluding carboxylic acids is 1. The lowest BCUT2D eigenvalue weighted by atomic mass is 10.0. The van der Waals surface area contributed by atoms with Crippen LogP contribution >= 0.6 is 0 Å². The van der Waals surface area contributed by atoms with E-state index in [1.807, 2.05) is 19.9 Å². The standard InChI is InChI=1S/C25H22F2N2O3/c1-16(2)24(29-19-11-9-18(26)10-12-19)25(30)32-23(15-28)17-8-13-21(27)22(14-17)31-20-6-4-3-5-7-20/h3-14,16,23-24,29H,1-2H3. The SMILES string of the molecule is CC(C)C(Nc1ccc(F)cc1)C(=O)OC(C#N)c1ccc(F)c(Oc2ccccc2)c1. The van der Waals surface area contributed by atoms with E-state index in [2.05, 4.69) is 5.32 Å². The average molecular weight is 436 g/mol. The number of halogens is 2. The molecule has 32 heavy (non-hydrogen) atoms. The maximum atomic E-state index is 14.2. The summed E-state index contributed by atoms with van der Waals surface area (Å²) >= 11 is 0. The van der Waals surface area contributed by atoms with E-state index < -0.39 is 29.7 Å². The Morgan fingerprint density at radius 3 is 2.31 bits per heavy atom. The summed E-state index contributed by atoms with van der Waals surface area (Å²) in [7, 11) is 0. The number of ether oxygens (including phenoxy) is 2. The molecule has 3 aromatic rings. The van der Waals surface area contributed by atoms with Gasteiger partial charge in [-0.05, 0) is 54.4 Å². The number of hydrogen-bond donors (Lipinski definition) is 1. The van der Waals surface area contributed by atoms with Gasteiger partial charge in [-0.25, -0.2) is 13.6 Å². The lowest BCUT2D eigenvalue weighted by molar-refractivity contribution is -0.148. The molecule has 2 atom stereocenters. The second-order valence-electron chi connectivity index (χ2n) is 7.42. The molecule has 0 aliphatic heterocycles. The van der Waals surface area contributed by atoms with Crippen molar-refractivity contribution in [3.8, 4) is 17.6 Å². The Kier molecular flexibility index (Phi) is 7.40. The van der Waals surface area contributed by atoms with Gasteiger partial charge >= 0.3 is 5.97 Å². The molecule has 164 valence electrons. The second kappa shape index (κ2) is 10.4. The van der Waals surface area contributed by atoms with Gasteiger partial charge in [0.1, 0.15) is 23.7 Å². The molecular formula is C25H22F2N2O3. The van der Waals surface area contributed by atoms with Crippen molar-refractivity contribution in [1.82, 2.24) is 0 Å². The van der Waals surface area contributed by atoms with E-state index in [1.165, 1.54) is 36.4 Å². The lowest BCUT2D eigenvalue weighted by Crippen LogP contribution is -2.36. The molecule has 0 spiro atoms. The van der Waals surface area contributed by atoms with Crippen molar-refractivity contribution < 1.29 is 23.0 Å². The van der Waals surface area contributed by atoms with Crippen LogP contribution in [0.2, 0.25) is 0 Å². The second-order valence-corrected chi connectivity index (χ2v) is 7.42. The number of nitrogens with zero attached hydrogens (tertiary/aromatic N) is 1. The van der Waals surface area contributed by atoms with E-state index in [1.54, 1.807) is 30.3 Å². The third-order valence-corrected chi connectivity index (χ3v) is 4.67. The van der Waals surface area contributed by atoms with Crippen molar-refractivity contribution in [2.24, 2.45) is 5.92 Å². The predicted molar refractivity (Wildman–Crippen MR) is 116 cm³/mol. The van der Waals surface area contributed by atoms with Gasteiger partial charge in [-0.1, -0.05) is 38.1 Å². The zero-order chi connectivity index (χ0) is 23.1. The molecule has 0 aliphatic carbocycles. The van der Waals surface area contributed by atoms with Crippen LogP contribution < -0.4 is 10.1 Å². The Hall–Kier alpha value is -3.92. The summed E-state index contributed by atoms with van der Waals surface area (Å²) in [5.74, 6) is -1.51. The Morgan fingerprint density at radius 2 is 1.69 bits per heavy atom. The highest BCUT2D eigenvalue weighted by Gasteiger charge is 2.27. The highest BCUT2D eigenvalue weighted by Crippen LogP contribution is 2.29. The first kappa shape index (κ1) is 22.8. The third kappa shape index (κ3) is 5.82. The van der Waals surface area contributed by atoms with Gasteiger partial charge in [-0.3, -0.25) is 0 Å². The van der Waals surface area contributed by atoms with E-state index in [4.69, 9.17) is 9.47 Å². The number of benzene rings is 3. The fraction of sp³-hybridized carbons (Fsp3) is 0.200. The molecule has 3 aromatic carbocycles. The number of nitrogens with one attached hydrogen (secondary N) is 1. The number of hydrogen-bond acceptors (Lipinski definition) is 5.